The first-order valence-corrected chi connectivity index (χ1v) is 8.07. The maximum atomic E-state index is 12.3. The van der Waals surface area contributed by atoms with Crippen LogP contribution in [0.5, 0.6) is 0 Å². The zero-order chi connectivity index (χ0) is 14.3. The van der Waals surface area contributed by atoms with Crippen LogP contribution < -0.4 is 15.8 Å². The van der Waals surface area contributed by atoms with Gasteiger partial charge in [-0.05, 0) is 33.7 Å². The predicted molar refractivity (Wildman–Crippen MR) is 83.1 cm³/mol. The van der Waals surface area contributed by atoms with Gasteiger partial charge in [-0.15, -0.1) is 0 Å². The zero-order valence-electron chi connectivity index (χ0n) is 12.0. The number of nitrogens with one attached hydrogen (secondary N) is 1. The van der Waals surface area contributed by atoms with Gasteiger partial charge in [-0.3, -0.25) is 4.79 Å². The fourth-order valence-electron chi connectivity index (χ4n) is 3.20. The van der Waals surface area contributed by atoms with Gasteiger partial charge in [0, 0.05) is 32.7 Å². The summed E-state index contributed by atoms with van der Waals surface area (Å²) in [5, 5.41) is 7.77. The molecule has 2 aliphatic rings. The highest BCUT2D eigenvalue weighted by atomic mass is 79.9. The maximum Gasteiger partial charge on any atom is 0.283 e. The average Bonchev–Trinajstić information content (AvgIpc) is 2.95. The minimum absolute atomic E-state index is 0.0219. The topological polar surface area (TPSA) is 50.2 Å². The molecular weight excluding hydrogens is 320 g/mol. The van der Waals surface area contributed by atoms with Crippen LogP contribution in [0.3, 0.4) is 0 Å². The van der Waals surface area contributed by atoms with E-state index in [2.05, 4.69) is 45.1 Å². The normalized spacial score (nSPS) is 25.5. The van der Waals surface area contributed by atoms with Gasteiger partial charge in [-0.25, -0.2) is 4.68 Å². The number of hydrogen-bond donors (Lipinski definition) is 1. The molecule has 0 unspecified atom stereocenters. The molecule has 6 heteroatoms. The lowest BCUT2D eigenvalue weighted by molar-refractivity contribution is 0.462. The molecule has 0 aliphatic carbocycles. The van der Waals surface area contributed by atoms with Crippen molar-refractivity contribution in [1.29, 1.82) is 0 Å². The Kier molecular flexibility index (Phi) is 3.86. The Morgan fingerprint density at radius 3 is 2.65 bits per heavy atom. The molecule has 3 rings (SSSR count). The summed E-state index contributed by atoms with van der Waals surface area (Å²) in [5.41, 5.74) is 0.927. The molecule has 2 saturated heterocycles. The highest BCUT2D eigenvalue weighted by Gasteiger charge is 2.37. The van der Waals surface area contributed by atoms with E-state index in [1.165, 1.54) is 0 Å². The number of nitrogens with zero attached hydrogens (tertiary/aromatic N) is 3. The number of halogens is 1. The molecule has 0 radical (unpaired) electrons. The molecule has 2 fully saturated rings. The summed E-state index contributed by atoms with van der Waals surface area (Å²) in [6.45, 7) is 9.06. The van der Waals surface area contributed by atoms with Gasteiger partial charge in [0.1, 0.15) is 4.47 Å². The molecule has 0 spiro atoms. The lowest BCUT2D eigenvalue weighted by Gasteiger charge is -2.21. The van der Waals surface area contributed by atoms with Crippen molar-refractivity contribution in [3.8, 4) is 0 Å². The van der Waals surface area contributed by atoms with Gasteiger partial charge < -0.3 is 10.2 Å². The van der Waals surface area contributed by atoms with Gasteiger partial charge in [0.15, 0.2) is 0 Å². The van der Waals surface area contributed by atoms with E-state index in [1.807, 2.05) is 6.20 Å². The van der Waals surface area contributed by atoms with Crippen molar-refractivity contribution in [3.05, 3.63) is 21.0 Å². The summed E-state index contributed by atoms with van der Waals surface area (Å²) in [5.74, 6) is 1.83. The van der Waals surface area contributed by atoms with E-state index in [0.717, 1.165) is 31.9 Å². The van der Waals surface area contributed by atoms with Crippen LogP contribution in [0.2, 0.25) is 0 Å². The van der Waals surface area contributed by atoms with Crippen LogP contribution >= 0.6 is 15.9 Å². The third kappa shape index (κ3) is 2.51. The number of aromatic nitrogens is 2. The first-order chi connectivity index (χ1) is 9.56. The highest BCUT2D eigenvalue weighted by Crippen LogP contribution is 2.32. The van der Waals surface area contributed by atoms with Gasteiger partial charge in [0.25, 0.3) is 5.56 Å². The molecule has 0 bridgehead atoms. The Hall–Kier alpha value is -0.880. The fraction of sp³-hybridized carbons (Fsp3) is 0.714. The van der Waals surface area contributed by atoms with Crippen LogP contribution in [-0.2, 0) is 6.54 Å². The predicted octanol–water partition coefficient (Wildman–Crippen LogP) is 1.32. The first-order valence-electron chi connectivity index (χ1n) is 7.27. The third-order valence-corrected chi connectivity index (χ3v) is 4.98. The van der Waals surface area contributed by atoms with Crippen LogP contribution in [0, 0.1) is 17.8 Å². The van der Waals surface area contributed by atoms with Gasteiger partial charge in [0.05, 0.1) is 11.9 Å². The van der Waals surface area contributed by atoms with E-state index in [4.69, 9.17) is 0 Å². The number of rotatable bonds is 3. The van der Waals surface area contributed by atoms with Crippen LogP contribution in [0.25, 0.3) is 0 Å². The number of fused-ring (bicyclic) bond motifs is 1. The third-order valence-electron chi connectivity index (χ3n) is 4.23. The maximum absolute atomic E-state index is 12.3. The lowest BCUT2D eigenvalue weighted by atomic mass is 10.0. The fourth-order valence-corrected chi connectivity index (χ4v) is 3.76. The van der Waals surface area contributed by atoms with Gasteiger partial charge in [0.2, 0.25) is 0 Å². The Balaban J connectivity index is 1.84. The van der Waals surface area contributed by atoms with Crippen LogP contribution in [0.1, 0.15) is 13.8 Å². The quantitative estimate of drug-likeness (QED) is 0.901. The summed E-state index contributed by atoms with van der Waals surface area (Å²) in [6, 6.07) is 0. The van der Waals surface area contributed by atoms with Crippen molar-refractivity contribution in [2.75, 3.05) is 31.1 Å². The van der Waals surface area contributed by atoms with Crippen LogP contribution in [0.15, 0.2) is 15.5 Å². The van der Waals surface area contributed by atoms with E-state index in [-0.39, 0.29) is 5.56 Å². The molecule has 2 aliphatic heterocycles. The molecule has 2 atom stereocenters. The van der Waals surface area contributed by atoms with Crippen molar-refractivity contribution in [2.45, 2.75) is 20.4 Å². The van der Waals surface area contributed by atoms with Gasteiger partial charge >= 0.3 is 0 Å². The first kappa shape index (κ1) is 14.1. The zero-order valence-corrected chi connectivity index (χ0v) is 13.6. The highest BCUT2D eigenvalue weighted by molar-refractivity contribution is 9.10. The van der Waals surface area contributed by atoms with Crippen molar-refractivity contribution < 1.29 is 0 Å². The molecule has 0 saturated carbocycles. The minimum atomic E-state index is -0.0219. The van der Waals surface area contributed by atoms with Gasteiger partial charge in [-0.1, -0.05) is 13.8 Å². The largest absolute Gasteiger partial charge is 0.368 e. The van der Waals surface area contributed by atoms with E-state index < -0.39 is 0 Å². The second kappa shape index (κ2) is 5.48. The molecule has 0 aromatic carbocycles. The van der Waals surface area contributed by atoms with E-state index >= 15 is 0 Å². The van der Waals surface area contributed by atoms with Gasteiger partial charge in [-0.2, -0.15) is 5.10 Å². The molecule has 1 N–H and O–H groups in total. The summed E-state index contributed by atoms with van der Waals surface area (Å²) >= 11 is 3.48. The summed E-state index contributed by atoms with van der Waals surface area (Å²) < 4.78 is 2.21. The molecule has 1 aromatic heterocycles. The Morgan fingerprint density at radius 1 is 1.40 bits per heavy atom. The number of hydrogen-bond acceptors (Lipinski definition) is 4. The van der Waals surface area contributed by atoms with Crippen LogP contribution in [0.4, 0.5) is 5.69 Å². The molecule has 0 amide bonds. The Bertz CT molecular complexity index is 545. The van der Waals surface area contributed by atoms with E-state index in [9.17, 15) is 4.79 Å². The van der Waals surface area contributed by atoms with Crippen LogP contribution in [-0.4, -0.2) is 36.0 Å². The molecule has 3 heterocycles. The standard InChI is InChI=1S/C14H21BrN4O/c1-9(2)6-19-14(20)13(15)12(5-17-19)18-7-10-3-16-4-11(10)8-18/h5,9-11,16H,3-4,6-8H2,1-2H3/t10-,11+. The second-order valence-electron chi connectivity index (χ2n) is 6.31. The van der Waals surface area contributed by atoms with E-state index in [0.29, 0.717) is 28.8 Å². The summed E-state index contributed by atoms with van der Waals surface area (Å²) in [4.78, 5) is 14.6. The van der Waals surface area contributed by atoms with Crippen molar-refractivity contribution in [2.24, 2.45) is 17.8 Å². The minimum Gasteiger partial charge on any atom is -0.368 e. The Labute approximate surface area is 127 Å². The molecular formula is C14H21BrN4O. The second-order valence-corrected chi connectivity index (χ2v) is 7.10. The molecule has 20 heavy (non-hydrogen) atoms. The van der Waals surface area contributed by atoms with Crippen molar-refractivity contribution in [1.82, 2.24) is 15.1 Å². The molecule has 1 aromatic rings. The average molecular weight is 341 g/mol. The summed E-state index contributed by atoms with van der Waals surface area (Å²) in [7, 11) is 0. The SMILES string of the molecule is CC(C)Cn1ncc(N2C[C@H]3CNC[C@H]3C2)c(Br)c1=O. The molecule has 5 nitrogen and oxygen atoms in total. The summed E-state index contributed by atoms with van der Waals surface area (Å²) in [6.07, 6.45) is 1.84. The smallest absolute Gasteiger partial charge is 0.283 e. The molecule has 110 valence electrons. The lowest BCUT2D eigenvalue weighted by Crippen LogP contribution is -2.31. The Morgan fingerprint density at radius 2 is 2.05 bits per heavy atom. The number of anilines is 1. The van der Waals surface area contributed by atoms with Crippen molar-refractivity contribution in [3.63, 3.8) is 0 Å². The van der Waals surface area contributed by atoms with E-state index in [1.54, 1.807) is 4.68 Å². The monoisotopic (exact) mass is 340 g/mol. The van der Waals surface area contributed by atoms with Crippen molar-refractivity contribution >= 4 is 21.6 Å².